The minimum absolute atomic E-state index is 0.0391. The zero-order valence-electron chi connectivity index (χ0n) is 14.6. The minimum Gasteiger partial charge on any atom is -0.345 e. The third-order valence-corrected chi connectivity index (χ3v) is 5.04. The third-order valence-electron chi connectivity index (χ3n) is 3.66. The molecule has 8 heteroatoms. The summed E-state index contributed by atoms with van der Waals surface area (Å²) in [5.74, 6) is 0. The van der Waals surface area contributed by atoms with Gasteiger partial charge in [-0.15, -0.1) is 0 Å². The summed E-state index contributed by atoms with van der Waals surface area (Å²) >= 11 is 0. The Labute approximate surface area is 157 Å². The van der Waals surface area contributed by atoms with E-state index in [9.17, 15) is 8.42 Å². The van der Waals surface area contributed by atoms with Crippen LogP contribution < -0.4 is 10.0 Å². The average molecular weight is 377 g/mol. The van der Waals surface area contributed by atoms with Gasteiger partial charge in [-0.1, -0.05) is 12.1 Å². The Morgan fingerprint density at radius 2 is 1.56 bits per heavy atom. The van der Waals surface area contributed by atoms with Gasteiger partial charge in [0, 0.05) is 5.69 Å². The van der Waals surface area contributed by atoms with Gasteiger partial charge in [0.05, 0.1) is 10.6 Å². The van der Waals surface area contributed by atoms with Crippen LogP contribution in [-0.4, -0.2) is 8.42 Å². The van der Waals surface area contributed by atoms with Gasteiger partial charge >= 0.3 is 0 Å². The van der Waals surface area contributed by atoms with Crippen molar-refractivity contribution in [3.05, 3.63) is 64.9 Å². The van der Waals surface area contributed by atoms with Crippen molar-refractivity contribution < 1.29 is 8.42 Å². The topological polar surface area (TPSA) is 130 Å². The van der Waals surface area contributed by atoms with E-state index in [0.717, 1.165) is 11.1 Å². The van der Waals surface area contributed by atoms with E-state index in [1.165, 1.54) is 24.3 Å². The number of aryl methyl sites for hydroxylation is 2. The fourth-order valence-corrected chi connectivity index (χ4v) is 3.32. The van der Waals surface area contributed by atoms with Gasteiger partial charge < -0.3 is 5.32 Å². The van der Waals surface area contributed by atoms with Crippen LogP contribution in [0, 0.1) is 47.8 Å². The summed E-state index contributed by atoms with van der Waals surface area (Å²) in [6, 6.07) is 16.1. The molecule has 0 saturated heterocycles. The van der Waals surface area contributed by atoms with Crippen molar-refractivity contribution in [2.75, 3.05) is 10.0 Å². The predicted molar refractivity (Wildman–Crippen MR) is 101 cm³/mol. The first kappa shape index (κ1) is 19.5. The standard InChI is InChI=1S/C19H15N5O2S/c1-13-3-4-14(2)18(9-13)24-27(25,26)17-7-5-16(6-8-17)23-19(12-22)15(10-20)11-21/h3-9,23-24H,1-2H3. The number of rotatable bonds is 5. The number of nitrogens with zero attached hydrogens (tertiary/aromatic N) is 3. The Hall–Kier alpha value is -3.80. The number of nitrogens with one attached hydrogen (secondary N) is 2. The Bertz CT molecular complexity index is 1110. The zero-order chi connectivity index (χ0) is 20.0. The lowest BCUT2D eigenvalue weighted by atomic mass is 10.1. The van der Waals surface area contributed by atoms with Crippen LogP contribution in [0.4, 0.5) is 11.4 Å². The Kier molecular flexibility index (Phi) is 5.82. The average Bonchev–Trinajstić information content (AvgIpc) is 2.65. The first-order chi connectivity index (χ1) is 12.8. The molecule has 0 aliphatic carbocycles. The van der Waals surface area contributed by atoms with E-state index in [2.05, 4.69) is 10.0 Å². The van der Waals surface area contributed by atoms with Crippen LogP contribution >= 0.6 is 0 Å². The second-order valence-corrected chi connectivity index (χ2v) is 7.34. The van der Waals surface area contributed by atoms with Gasteiger partial charge in [0.2, 0.25) is 0 Å². The molecule has 0 fully saturated rings. The van der Waals surface area contributed by atoms with Gasteiger partial charge in [-0.3, -0.25) is 4.72 Å². The maximum atomic E-state index is 12.6. The lowest BCUT2D eigenvalue weighted by Gasteiger charge is -2.12. The molecular weight excluding hydrogens is 362 g/mol. The summed E-state index contributed by atoms with van der Waals surface area (Å²) in [5.41, 5.74) is 2.04. The molecule has 0 heterocycles. The molecule has 134 valence electrons. The molecule has 0 bridgehead atoms. The maximum absolute atomic E-state index is 12.6. The number of nitriles is 3. The van der Waals surface area contributed by atoms with E-state index in [-0.39, 0.29) is 16.2 Å². The summed E-state index contributed by atoms with van der Waals surface area (Å²) in [7, 11) is -3.79. The number of allylic oxidation sites excluding steroid dienone is 2. The van der Waals surface area contributed by atoms with Crippen LogP contribution in [0.25, 0.3) is 0 Å². The highest BCUT2D eigenvalue weighted by atomic mass is 32.2. The second-order valence-electron chi connectivity index (χ2n) is 5.66. The number of hydrogen-bond acceptors (Lipinski definition) is 6. The highest BCUT2D eigenvalue weighted by Gasteiger charge is 2.15. The van der Waals surface area contributed by atoms with Crippen LogP contribution in [0.1, 0.15) is 11.1 Å². The largest absolute Gasteiger partial charge is 0.345 e. The molecule has 0 radical (unpaired) electrons. The van der Waals surface area contributed by atoms with Crippen LogP contribution in [0.5, 0.6) is 0 Å². The zero-order valence-corrected chi connectivity index (χ0v) is 15.4. The van der Waals surface area contributed by atoms with E-state index in [1.54, 1.807) is 24.3 Å². The normalized spacial score (nSPS) is 10.0. The van der Waals surface area contributed by atoms with Crippen LogP contribution in [-0.2, 0) is 10.0 Å². The molecule has 2 aromatic carbocycles. The molecule has 0 saturated carbocycles. The fourth-order valence-electron chi connectivity index (χ4n) is 2.19. The number of benzene rings is 2. The number of sulfonamides is 1. The molecule has 0 aromatic heterocycles. The lowest BCUT2D eigenvalue weighted by molar-refractivity contribution is 0.601. The SMILES string of the molecule is Cc1ccc(C)c(NS(=O)(=O)c2ccc(NC(C#N)=C(C#N)C#N)cc2)c1. The molecule has 0 atom stereocenters. The highest BCUT2D eigenvalue weighted by molar-refractivity contribution is 7.92. The molecule has 0 aliphatic heterocycles. The monoisotopic (exact) mass is 377 g/mol. The summed E-state index contributed by atoms with van der Waals surface area (Å²) in [6.07, 6.45) is 0. The molecule has 2 aromatic rings. The molecule has 0 spiro atoms. The first-order valence-electron chi connectivity index (χ1n) is 7.72. The first-order valence-corrected chi connectivity index (χ1v) is 9.20. The van der Waals surface area contributed by atoms with Crippen LogP contribution in [0.3, 0.4) is 0 Å². The van der Waals surface area contributed by atoms with Crippen molar-refractivity contribution in [1.29, 1.82) is 15.8 Å². The van der Waals surface area contributed by atoms with Crippen molar-refractivity contribution in [2.24, 2.45) is 0 Å². The molecule has 0 aliphatic rings. The van der Waals surface area contributed by atoms with Gasteiger partial charge in [-0.25, -0.2) is 8.42 Å². The van der Waals surface area contributed by atoms with Crippen molar-refractivity contribution in [3.63, 3.8) is 0 Å². The molecule has 0 unspecified atom stereocenters. The van der Waals surface area contributed by atoms with Gasteiger partial charge in [0.25, 0.3) is 10.0 Å². The maximum Gasteiger partial charge on any atom is 0.261 e. The van der Waals surface area contributed by atoms with Gasteiger partial charge in [0.15, 0.2) is 5.57 Å². The van der Waals surface area contributed by atoms with Gasteiger partial charge in [-0.05, 0) is 55.3 Å². The molecule has 7 nitrogen and oxygen atoms in total. The number of hydrogen-bond donors (Lipinski definition) is 2. The highest BCUT2D eigenvalue weighted by Crippen LogP contribution is 2.22. The molecule has 27 heavy (non-hydrogen) atoms. The Balaban J connectivity index is 2.28. The summed E-state index contributed by atoms with van der Waals surface area (Å²) in [4.78, 5) is 0.0391. The lowest BCUT2D eigenvalue weighted by Crippen LogP contribution is -2.14. The van der Waals surface area contributed by atoms with Crippen molar-refractivity contribution in [1.82, 2.24) is 0 Å². The van der Waals surface area contributed by atoms with E-state index in [1.807, 2.05) is 26.0 Å². The molecule has 2 rings (SSSR count). The molecular formula is C19H15N5O2S. The van der Waals surface area contributed by atoms with Crippen molar-refractivity contribution >= 4 is 21.4 Å². The molecule has 2 N–H and O–H groups in total. The van der Waals surface area contributed by atoms with E-state index < -0.39 is 10.0 Å². The fraction of sp³-hybridized carbons (Fsp3) is 0.105. The summed E-state index contributed by atoms with van der Waals surface area (Å²) < 4.78 is 27.7. The molecule has 0 amide bonds. The van der Waals surface area contributed by atoms with E-state index in [0.29, 0.717) is 11.4 Å². The smallest absolute Gasteiger partial charge is 0.261 e. The van der Waals surface area contributed by atoms with Crippen LogP contribution in [0.2, 0.25) is 0 Å². The van der Waals surface area contributed by atoms with E-state index in [4.69, 9.17) is 15.8 Å². The quantitative estimate of drug-likeness (QED) is 0.769. The minimum atomic E-state index is -3.79. The summed E-state index contributed by atoms with van der Waals surface area (Å²) in [5, 5.41) is 29.3. The Morgan fingerprint density at radius 3 is 2.11 bits per heavy atom. The predicted octanol–water partition coefficient (Wildman–Crippen LogP) is 3.34. The van der Waals surface area contributed by atoms with E-state index >= 15 is 0 Å². The van der Waals surface area contributed by atoms with Gasteiger partial charge in [0.1, 0.15) is 23.9 Å². The second kappa shape index (κ2) is 8.05. The van der Waals surface area contributed by atoms with Crippen molar-refractivity contribution in [3.8, 4) is 18.2 Å². The Morgan fingerprint density at radius 1 is 0.926 bits per heavy atom. The van der Waals surface area contributed by atoms with Crippen LogP contribution in [0.15, 0.2) is 58.6 Å². The number of anilines is 2. The van der Waals surface area contributed by atoms with Gasteiger partial charge in [-0.2, -0.15) is 15.8 Å². The third kappa shape index (κ3) is 4.64. The van der Waals surface area contributed by atoms with Crippen molar-refractivity contribution in [2.45, 2.75) is 18.7 Å². The summed E-state index contributed by atoms with van der Waals surface area (Å²) in [6.45, 7) is 3.68.